The van der Waals surface area contributed by atoms with E-state index in [1.54, 1.807) is 6.07 Å². The summed E-state index contributed by atoms with van der Waals surface area (Å²) in [7, 11) is 0. The largest absolute Gasteiger partial charge is 0.325 e. The molecule has 0 aliphatic rings. The molecule has 0 spiro atoms. The topological polar surface area (TPSA) is 56.0 Å². The lowest BCUT2D eigenvalue weighted by Gasteiger charge is -1.96. The number of nitrogens with two attached hydrogens (primary N) is 1. The third kappa shape index (κ3) is 1.57. The van der Waals surface area contributed by atoms with Crippen molar-refractivity contribution in [3.05, 3.63) is 64.4 Å². The average molecular weight is 236 g/mol. The van der Waals surface area contributed by atoms with E-state index in [1.165, 1.54) is 0 Å². The third-order valence-corrected chi connectivity index (χ3v) is 3.08. The van der Waals surface area contributed by atoms with Gasteiger partial charge < -0.3 is 5.73 Å². The Morgan fingerprint density at radius 1 is 0.889 bits per heavy atom. The maximum atomic E-state index is 12.5. The van der Waals surface area contributed by atoms with E-state index < -0.39 is 0 Å². The summed E-state index contributed by atoms with van der Waals surface area (Å²) in [5.41, 5.74) is 7.20. The van der Waals surface area contributed by atoms with Crippen molar-refractivity contribution < 1.29 is 0 Å². The van der Waals surface area contributed by atoms with E-state index in [-0.39, 0.29) is 5.43 Å². The van der Waals surface area contributed by atoms with Gasteiger partial charge in [0.05, 0.1) is 11.2 Å². The fourth-order valence-electron chi connectivity index (χ4n) is 2.20. The molecule has 0 radical (unpaired) electrons. The number of aromatic nitrogens is 1. The maximum Gasteiger partial charge on any atom is 0.195 e. The fraction of sp³-hybridized carbons (Fsp3) is 0.0667. The van der Waals surface area contributed by atoms with Gasteiger partial charge in [0.1, 0.15) is 0 Å². The van der Waals surface area contributed by atoms with Gasteiger partial charge in [-0.1, -0.05) is 36.4 Å². The second-order valence-electron chi connectivity index (χ2n) is 4.15. The number of rotatable bonds is 1. The zero-order valence-corrected chi connectivity index (χ0v) is 9.76. The molecule has 0 aliphatic carbocycles. The highest BCUT2D eigenvalue weighted by molar-refractivity contribution is 5.92. The summed E-state index contributed by atoms with van der Waals surface area (Å²) in [6.07, 6.45) is 0. The third-order valence-electron chi connectivity index (χ3n) is 3.08. The van der Waals surface area contributed by atoms with Crippen molar-refractivity contribution in [2.24, 2.45) is 5.73 Å². The van der Waals surface area contributed by atoms with Crippen molar-refractivity contribution in [3.8, 4) is 0 Å². The Labute approximate surface area is 104 Å². The van der Waals surface area contributed by atoms with Crippen LogP contribution in [0.25, 0.3) is 21.7 Å². The number of para-hydroxylation sites is 1. The molecule has 1 heterocycles. The molecule has 1 aromatic heterocycles. The summed E-state index contributed by atoms with van der Waals surface area (Å²) in [6, 6.07) is 14.8. The summed E-state index contributed by atoms with van der Waals surface area (Å²) in [5, 5.41) is 2.14. The van der Waals surface area contributed by atoms with Crippen LogP contribution in [0, 0.1) is 0 Å². The van der Waals surface area contributed by atoms with E-state index in [1.807, 2.05) is 42.5 Å². The first kappa shape index (κ1) is 10.9. The molecule has 3 nitrogen and oxygen atoms in total. The molecule has 0 amide bonds. The van der Waals surface area contributed by atoms with Gasteiger partial charge in [-0.15, -0.1) is 0 Å². The lowest BCUT2D eigenvalue weighted by Crippen LogP contribution is -1.99. The zero-order valence-electron chi connectivity index (χ0n) is 9.76. The van der Waals surface area contributed by atoms with Crippen LogP contribution in [0.3, 0.4) is 0 Å². The molecular formula is C15H12N2O. The number of hydrogen-bond acceptors (Lipinski definition) is 3. The first-order valence-corrected chi connectivity index (χ1v) is 5.82. The summed E-state index contributed by atoms with van der Waals surface area (Å²) in [5.74, 6) is 0. The minimum atomic E-state index is 0.00778. The molecule has 0 atom stereocenters. The zero-order chi connectivity index (χ0) is 12.5. The van der Waals surface area contributed by atoms with Crippen LogP contribution in [0.5, 0.6) is 0 Å². The summed E-state index contributed by atoms with van der Waals surface area (Å²) in [6.45, 7) is 0.318. The van der Waals surface area contributed by atoms with E-state index in [0.29, 0.717) is 22.8 Å². The van der Waals surface area contributed by atoms with Crippen LogP contribution in [0.2, 0.25) is 0 Å². The van der Waals surface area contributed by atoms with Crippen molar-refractivity contribution in [2.45, 2.75) is 6.54 Å². The monoisotopic (exact) mass is 236 g/mol. The Balaban J connectivity index is 2.69. The molecule has 0 aliphatic heterocycles. The van der Waals surface area contributed by atoms with Crippen LogP contribution in [0.15, 0.2) is 53.3 Å². The van der Waals surface area contributed by atoms with E-state index in [4.69, 9.17) is 5.73 Å². The molecule has 88 valence electrons. The molecule has 0 saturated heterocycles. The molecule has 0 bridgehead atoms. The molecule has 0 unspecified atom stereocenters. The number of hydrogen-bond donors (Lipinski definition) is 1. The van der Waals surface area contributed by atoms with E-state index in [2.05, 4.69) is 4.98 Å². The Morgan fingerprint density at radius 3 is 2.22 bits per heavy atom. The maximum absolute atomic E-state index is 12.5. The van der Waals surface area contributed by atoms with Gasteiger partial charge >= 0.3 is 0 Å². The molecule has 18 heavy (non-hydrogen) atoms. The van der Waals surface area contributed by atoms with Gasteiger partial charge in [-0.05, 0) is 12.1 Å². The van der Waals surface area contributed by atoms with Gasteiger partial charge in [0.15, 0.2) is 5.43 Å². The summed E-state index contributed by atoms with van der Waals surface area (Å²) >= 11 is 0. The number of fused-ring (bicyclic) bond motifs is 2. The highest BCUT2D eigenvalue weighted by atomic mass is 16.1. The van der Waals surface area contributed by atoms with Crippen LogP contribution >= 0.6 is 0 Å². The van der Waals surface area contributed by atoms with Crippen LogP contribution < -0.4 is 11.2 Å². The highest BCUT2D eigenvalue weighted by Crippen LogP contribution is 2.16. The second-order valence-corrected chi connectivity index (χ2v) is 4.15. The van der Waals surface area contributed by atoms with Crippen molar-refractivity contribution in [1.82, 2.24) is 4.98 Å². The molecule has 3 heteroatoms. The molecule has 0 fully saturated rings. The molecule has 3 rings (SSSR count). The first-order valence-electron chi connectivity index (χ1n) is 5.82. The smallest absolute Gasteiger partial charge is 0.195 e. The predicted octanol–water partition coefficient (Wildman–Crippen LogP) is 2.21. The molecule has 2 aromatic carbocycles. The average Bonchev–Trinajstić information content (AvgIpc) is 2.55. The normalized spacial score (nSPS) is 10.9. The van der Waals surface area contributed by atoms with Crippen LogP contribution in [-0.4, -0.2) is 4.98 Å². The summed E-state index contributed by atoms with van der Waals surface area (Å²) < 4.78 is 0. The SMILES string of the molecule is NCc1nc2ccccc2c(=O)c2ccccc12. The predicted molar refractivity (Wildman–Crippen MR) is 73.4 cm³/mol. The summed E-state index contributed by atoms with van der Waals surface area (Å²) in [4.78, 5) is 17.0. The van der Waals surface area contributed by atoms with Gasteiger partial charge in [-0.3, -0.25) is 9.78 Å². The minimum absolute atomic E-state index is 0.00778. The Kier molecular flexibility index (Phi) is 2.54. The first-order chi connectivity index (χ1) is 8.81. The standard InChI is InChI=1S/C15H12N2O/c16-9-14-10-5-1-2-6-11(10)15(18)12-7-3-4-8-13(12)17-14/h1-8H,9,16H2. The van der Waals surface area contributed by atoms with Crippen molar-refractivity contribution in [3.63, 3.8) is 0 Å². The van der Waals surface area contributed by atoms with Gasteiger partial charge in [0, 0.05) is 22.7 Å². The van der Waals surface area contributed by atoms with Crippen molar-refractivity contribution in [2.75, 3.05) is 0 Å². The van der Waals surface area contributed by atoms with Gasteiger partial charge in [0.2, 0.25) is 0 Å². The highest BCUT2D eigenvalue weighted by Gasteiger charge is 2.06. The fourth-order valence-corrected chi connectivity index (χ4v) is 2.20. The number of nitrogens with zero attached hydrogens (tertiary/aromatic N) is 1. The lowest BCUT2D eigenvalue weighted by molar-refractivity contribution is 1.03. The molecule has 0 saturated carbocycles. The van der Waals surface area contributed by atoms with E-state index in [9.17, 15) is 4.79 Å². The molecular weight excluding hydrogens is 224 g/mol. The Bertz CT molecular complexity index is 797. The van der Waals surface area contributed by atoms with Crippen LogP contribution in [0.1, 0.15) is 5.69 Å². The Hall–Kier alpha value is -2.26. The molecule has 2 N–H and O–H groups in total. The molecule has 3 aromatic rings. The van der Waals surface area contributed by atoms with Gasteiger partial charge in [0.25, 0.3) is 0 Å². The van der Waals surface area contributed by atoms with Gasteiger partial charge in [-0.2, -0.15) is 0 Å². The quantitative estimate of drug-likeness (QED) is 0.704. The lowest BCUT2D eigenvalue weighted by atomic mass is 10.1. The van der Waals surface area contributed by atoms with E-state index in [0.717, 1.165) is 11.1 Å². The van der Waals surface area contributed by atoms with Crippen LogP contribution in [-0.2, 0) is 6.54 Å². The van der Waals surface area contributed by atoms with E-state index >= 15 is 0 Å². The number of benzene rings is 2. The second kappa shape index (κ2) is 4.20. The minimum Gasteiger partial charge on any atom is -0.325 e. The van der Waals surface area contributed by atoms with Crippen molar-refractivity contribution >= 4 is 21.7 Å². The Morgan fingerprint density at radius 2 is 1.50 bits per heavy atom. The van der Waals surface area contributed by atoms with Crippen molar-refractivity contribution in [1.29, 1.82) is 0 Å². The van der Waals surface area contributed by atoms with Gasteiger partial charge in [-0.25, -0.2) is 0 Å². The van der Waals surface area contributed by atoms with Crippen LogP contribution in [0.4, 0.5) is 0 Å².